The average molecular weight is 378 g/mol. The Bertz CT molecular complexity index is 742. The van der Waals surface area contributed by atoms with E-state index in [1.165, 1.54) is 7.11 Å². The smallest absolute Gasteiger partial charge is 0.255 e. The number of anilines is 1. The standard InChI is InChI=1S/C18H24ClN5O2/c1-26-16-9-15(20)14(19)8-13(16)18(25)23-10-12-2-6-24(7-3-12)11-17-21-4-5-22-17/h4-5,8-9,12H,2-3,6-7,10-11,20H2,1H3,(H,21,22)(H,23,25). The fraction of sp³-hybridized carbons (Fsp3) is 0.444. The summed E-state index contributed by atoms with van der Waals surface area (Å²) in [5.74, 6) is 1.69. The van der Waals surface area contributed by atoms with Gasteiger partial charge in [-0.25, -0.2) is 4.98 Å². The number of aromatic amines is 1. The molecule has 2 aromatic rings. The van der Waals surface area contributed by atoms with Crippen LogP contribution in [0.2, 0.25) is 5.02 Å². The van der Waals surface area contributed by atoms with Crippen LogP contribution in [0.25, 0.3) is 0 Å². The molecule has 1 aliphatic heterocycles. The SMILES string of the molecule is COc1cc(N)c(Cl)cc1C(=O)NCC1CCN(Cc2ncc[nH]2)CC1. The first kappa shape index (κ1) is 18.5. The molecule has 1 saturated heterocycles. The number of halogens is 1. The van der Waals surface area contributed by atoms with E-state index in [-0.39, 0.29) is 5.91 Å². The van der Waals surface area contributed by atoms with Crippen LogP contribution in [0.1, 0.15) is 29.0 Å². The van der Waals surface area contributed by atoms with Gasteiger partial charge >= 0.3 is 0 Å². The number of ether oxygens (including phenoxy) is 1. The molecule has 7 nitrogen and oxygen atoms in total. The Morgan fingerprint density at radius 2 is 2.23 bits per heavy atom. The van der Waals surface area contributed by atoms with Gasteiger partial charge in [0, 0.05) is 25.0 Å². The van der Waals surface area contributed by atoms with Gasteiger partial charge in [0.2, 0.25) is 0 Å². The molecule has 1 aromatic carbocycles. The van der Waals surface area contributed by atoms with E-state index in [4.69, 9.17) is 22.1 Å². The lowest BCUT2D eigenvalue weighted by molar-refractivity contribution is 0.0932. The Morgan fingerprint density at radius 1 is 1.46 bits per heavy atom. The molecule has 0 aliphatic carbocycles. The molecule has 140 valence electrons. The molecule has 0 bridgehead atoms. The monoisotopic (exact) mass is 377 g/mol. The zero-order valence-corrected chi connectivity index (χ0v) is 15.6. The number of nitrogens with two attached hydrogens (primary N) is 1. The number of imidazole rings is 1. The summed E-state index contributed by atoms with van der Waals surface area (Å²) < 4.78 is 5.24. The molecule has 0 unspecified atom stereocenters. The Labute approximate surface area is 157 Å². The van der Waals surface area contributed by atoms with Gasteiger partial charge in [-0.05, 0) is 37.9 Å². The lowest BCUT2D eigenvalue weighted by atomic mass is 9.96. The van der Waals surface area contributed by atoms with Gasteiger partial charge in [0.15, 0.2) is 0 Å². The highest BCUT2D eigenvalue weighted by Crippen LogP contribution is 2.29. The van der Waals surface area contributed by atoms with E-state index in [0.29, 0.717) is 34.5 Å². The first-order valence-corrected chi connectivity index (χ1v) is 9.06. The van der Waals surface area contributed by atoms with Gasteiger partial charge in [-0.3, -0.25) is 9.69 Å². The number of methoxy groups -OCH3 is 1. The number of benzene rings is 1. The molecule has 2 heterocycles. The Hall–Kier alpha value is -2.25. The van der Waals surface area contributed by atoms with E-state index in [0.717, 1.165) is 38.3 Å². The number of piperidine rings is 1. The van der Waals surface area contributed by atoms with Crippen LogP contribution in [0.3, 0.4) is 0 Å². The summed E-state index contributed by atoms with van der Waals surface area (Å²) in [6.45, 7) is 3.47. The summed E-state index contributed by atoms with van der Waals surface area (Å²) in [6, 6.07) is 3.13. The molecular formula is C18H24ClN5O2. The first-order valence-electron chi connectivity index (χ1n) is 8.68. The van der Waals surface area contributed by atoms with E-state index < -0.39 is 0 Å². The number of hydrogen-bond donors (Lipinski definition) is 3. The summed E-state index contributed by atoms with van der Waals surface area (Å²) in [5.41, 5.74) is 6.56. The lowest BCUT2D eigenvalue weighted by Gasteiger charge is -2.31. The molecule has 26 heavy (non-hydrogen) atoms. The van der Waals surface area contributed by atoms with Crippen molar-refractivity contribution in [3.63, 3.8) is 0 Å². The normalized spacial score (nSPS) is 15.8. The van der Waals surface area contributed by atoms with Crippen LogP contribution in [0, 0.1) is 5.92 Å². The van der Waals surface area contributed by atoms with Crippen molar-refractivity contribution >= 4 is 23.2 Å². The number of H-pyrrole nitrogens is 1. The topological polar surface area (TPSA) is 96.3 Å². The molecule has 0 atom stereocenters. The third-order valence-electron chi connectivity index (χ3n) is 4.75. The van der Waals surface area contributed by atoms with Crippen molar-refractivity contribution in [3.05, 3.63) is 40.9 Å². The molecule has 0 radical (unpaired) electrons. The number of nitrogens with one attached hydrogen (secondary N) is 2. The van der Waals surface area contributed by atoms with Gasteiger partial charge in [-0.1, -0.05) is 11.6 Å². The van der Waals surface area contributed by atoms with Gasteiger partial charge in [0.05, 0.1) is 29.9 Å². The minimum Gasteiger partial charge on any atom is -0.496 e. The second kappa shape index (κ2) is 8.42. The Balaban J connectivity index is 1.49. The molecule has 1 aromatic heterocycles. The predicted octanol–water partition coefficient (Wildman–Crippen LogP) is 2.30. The molecule has 3 rings (SSSR count). The highest BCUT2D eigenvalue weighted by Gasteiger charge is 2.21. The van der Waals surface area contributed by atoms with E-state index >= 15 is 0 Å². The van der Waals surface area contributed by atoms with Gasteiger partial charge in [-0.15, -0.1) is 0 Å². The van der Waals surface area contributed by atoms with Crippen LogP contribution in [-0.4, -0.2) is 47.5 Å². The largest absolute Gasteiger partial charge is 0.496 e. The van der Waals surface area contributed by atoms with E-state index in [1.54, 1.807) is 18.3 Å². The van der Waals surface area contributed by atoms with Gasteiger partial charge < -0.3 is 20.8 Å². The first-order chi connectivity index (χ1) is 12.6. The number of nitrogen functional groups attached to an aromatic ring is 1. The van der Waals surface area contributed by atoms with Crippen molar-refractivity contribution in [2.45, 2.75) is 19.4 Å². The van der Waals surface area contributed by atoms with Crippen LogP contribution in [0.15, 0.2) is 24.5 Å². The molecule has 0 saturated carbocycles. The van der Waals surface area contributed by atoms with Gasteiger partial charge in [0.1, 0.15) is 11.6 Å². The van der Waals surface area contributed by atoms with Crippen molar-refractivity contribution in [2.75, 3.05) is 32.5 Å². The fourth-order valence-corrected chi connectivity index (χ4v) is 3.36. The fourth-order valence-electron chi connectivity index (χ4n) is 3.19. The van der Waals surface area contributed by atoms with Crippen molar-refractivity contribution in [1.29, 1.82) is 0 Å². The van der Waals surface area contributed by atoms with Gasteiger partial charge in [-0.2, -0.15) is 0 Å². The second-order valence-electron chi connectivity index (χ2n) is 6.54. The van der Waals surface area contributed by atoms with Gasteiger partial charge in [0.25, 0.3) is 5.91 Å². The number of aromatic nitrogens is 2. The van der Waals surface area contributed by atoms with Crippen LogP contribution >= 0.6 is 11.6 Å². The minimum absolute atomic E-state index is 0.193. The predicted molar refractivity (Wildman–Crippen MR) is 101 cm³/mol. The quantitative estimate of drug-likeness (QED) is 0.671. The number of carbonyl (C=O) groups excluding carboxylic acids is 1. The zero-order chi connectivity index (χ0) is 18.5. The number of likely N-dealkylation sites (tertiary alicyclic amines) is 1. The number of carbonyl (C=O) groups is 1. The van der Waals surface area contributed by atoms with Crippen LogP contribution in [0.4, 0.5) is 5.69 Å². The lowest BCUT2D eigenvalue weighted by Crippen LogP contribution is -2.38. The molecule has 1 fully saturated rings. The maximum atomic E-state index is 12.5. The number of amides is 1. The van der Waals surface area contributed by atoms with Crippen LogP contribution < -0.4 is 15.8 Å². The third kappa shape index (κ3) is 4.47. The molecule has 4 N–H and O–H groups in total. The maximum Gasteiger partial charge on any atom is 0.255 e. The highest BCUT2D eigenvalue weighted by atomic mass is 35.5. The van der Waals surface area contributed by atoms with Crippen molar-refractivity contribution in [1.82, 2.24) is 20.2 Å². The summed E-state index contributed by atoms with van der Waals surface area (Å²) in [6.07, 6.45) is 5.70. The van der Waals surface area contributed by atoms with Crippen LogP contribution in [0.5, 0.6) is 5.75 Å². The maximum absolute atomic E-state index is 12.5. The van der Waals surface area contributed by atoms with E-state index in [1.807, 2.05) is 6.20 Å². The van der Waals surface area contributed by atoms with Crippen molar-refractivity contribution < 1.29 is 9.53 Å². The summed E-state index contributed by atoms with van der Waals surface area (Å²) in [7, 11) is 1.51. The number of rotatable bonds is 6. The Kier molecular flexibility index (Phi) is 6.00. The highest BCUT2D eigenvalue weighted by molar-refractivity contribution is 6.33. The molecule has 8 heteroatoms. The zero-order valence-electron chi connectivity index (χ0n) is 14.8. The van der Waals surface area contributed by atoms with Crippen molar-refractivity contribution in [3.8, 4) is 5.75 Å². The molecule has 0 spiro atoms. The van der Waals surface area contributed by atoms with Crippen molar-refractivity contribution in [2.24, 2.45) is 5.92 Å². The number of nitrogens with zero attached hydrogens (tertiary/aromatic N) is 2. The number of hydrogen-bond acceptors (Lipinski definition) is 5. The molecule has 1 amide bonds. The summed E-state index contributed by atoms with van der Waals surface area (Å²) >= 11 is 6.04. The van der Waals surface area contributed by atoms with E-state index in [2.05, 4.69) is 20.2 Å². The summed E-state index contributed by atoms with van der Waals surface area (Å²) in [4.78, 5) is 22.3. The van der Waals surface area contributed by atoms with E-state index in [9.17, 15) is 4.79 Å². The van der Waals surface area contributed by atoms with Crippen LogP contribution in [-0.2, 0) is 6.54 Å². The molecular weight excluding hydrogens is 354 g/mol. The minimum atomic E-state index is -0.193. The average Bonchev–Trinajstić information content (AvgIpc) is 3.15. The summed E-state index contributed by atoms with van der Waals surface area (Å²) in [5, 5.41) is 3.34. The molecule has 1 aliphatic rings. The third-order valence-corrected chi connectivity index (χ3v) is 5.08. The second-order valence-corrected chi connectivity index (χ2v) is 6.95. The Morgan fingerprint density at radius 3 is 2.88 bits per heavy atom.